The highest BCUT2D eigenvalue weighted by atomic mass is 79.9. The van der Waals surface area contributed by atoms with Crippen molar-refractivity contribution in [2.24, 2.45) is 5.41 Å². The van der Waals surface area contributed by atoms with Crippen molar-refractivity contribution in [2.75, 3.05) is 0 Å². The van der Waals surface area contributed by atoms with Crippen LogP contribution in [-0.4, -0.2) is 10.8 Å². The highest BCUT2D eigenvalue weighted by molar-refractivity contribution is 9.10. The molecule has 0 fully saturated rings. The summed E-state index contributed by atoms with van der Waals surface area (Å²) in [6, 6.07) is 7.70. The fourth-order valence-corrected chi connectivity index (χ4v) is 2.91. The zero-order valence-electron chi connectivity index (χ0n) is 12.1. The predicted octanol–water partition coefficient (Wildman–Crippen LogP) is 2.42. The highest BCUT2D eigenvalue weighted by Gasteiger charge is 2.18. The number of hydrogen-bond donors (Lipinski definition) is 1. The molecule has 0 unspecified atom stereocenters. The number of Topliss-reactive ketones (excluding diaryl/α,β-unsaturated/α-hetero) is 1. The SMILES string of the molecule is CC(C)(C)C(=O)/C=c1/[nH]c(=O)/c(=C/c2cccc(Br)c2)s1. The summed E-state index contributed by atoms with van der Waals surface area (Å²) in [4.78, 5) is 26.6. The molecule has 1 aromatic carbocycles. The molecule has 5 heteroatoms. The number of rotatable bonds is 2. The average molecular weight is 366 g/mol. The summed E-state index contributed by atoms with van der Waals surface area (Å²) in [5.74, 6) is -0.00555. The molecule has 0 aliphatic carbocycles. The van der Waals surface area contributed by atoms with E-state index in [1.165, 1.54) is 17.4 Å². The normalized spacial score (nSPS) is 13.7. The molecule has 2 aromatic rings. The number of carbonyl (C=O) groups is 1. The number of carbonyl (C=O) groups excluding carboxylic acids is 1. The third-order valence-corrected chi connectivity index (χ3v) is 4.28. The quantitative estimate of drug-likeness (QED) is 0.888. The van der Waals surface area contributed by atoms with Crippen LogP contribution in [0.15, 0.2) is 33.5 Å². The van der Waals surface area contributed by atoms with E-state index in [2.05, 4.69) is 20.9 Å². The summed E-state index contributed by atoms with van der Waals surface area (Å²) in [5.41, 5.74) is 0.313. The third-order valence-electron chi connectivity index (χ3n) is 2.83. The number of halogens is 1. The van der Waals surface area contributed by atoms with E-state index in [0.29, 0.717) is 9.20 Å². The number of ketones is 1. The fraction of sp³-hybridized carbons (Fsp3) is 0.250. The van der Waals surface area contributed by atoms with Crippen LogP contribution in [0.5, 0.6) is 0 Å². The molecule has 1 heterocycles. The van der Waals surface area contributed by atoms with Crippen molar-refractivity contribution in [1.82, 2.24) is 4.98 Å². The molecule has 0 radical (unpaired) electrons. The van der Waals surface area contributed by atoms with Crippen LogP contribution in [0.1, 0.15) is 26.3 Å². The van der Waals surface area contributed by atoms with Gasteiger partial charge in [0.05, 0.1) is 9.20 Å². The third kappa shape index (κ3) is 4.25. The van der Waals surface area contributed by atoms with Gasteiger partial charge in [0, 0.05) is 16.0 Å². The zero-order valence-corrected chi connectivity index (χ0v) is 14.5. The number of hydrogen-bond acceptors (Lipinski definition) is 3. The zero-order chi connectivity index (χ0) is 15.6. The molecule has 0 aliphatic heterocycles. The molecule has 21 heavy (non-hydrogen) atoms. The molecule has 0 saturated heterocycles. The lowest BCUT2D eigenvalue weighted by atomic mass is 9.91. The van der Waals surface area contributed by atoms with Crippen molar-refractivity contribution in [3.05, 3.63) is 53.9 Å². The average Bonchev–Trinajstić information content (AvgIpc) is 2.68. The number of aromatic amines is 1. The lowest BCUT2D eigenvalue weighted by Crippen LogP contribution is -2.22. The predicted molar refractivity (Wildman–Crippen MR) is 90.8 cm³/mol. The van der Waals surface area contributed by atoms with E-state index in [1.54, 1.807) is 0 Å². The molecular formula is C16H16BrNO2S. The van der Waals surface area contributed by atoms with Crippen LogP contribution in [0.3, 0.4) is 0 Å². The van der Waals surface area contributed by atoms with E-state index in [4.69, 9.17) is 0 Å². The van der Waals surface area contributed by atoms with E-state index in [9.17, 15) is 9.59 Å². The van der Waals surface area contributed by atoms with Crippen LogP contribution in [0, 0.1) is 5.41 Å². The van der Waals surface area contributed by atoms with Crippen molar-refractivity contribution in [3.63, 3.8) is 0 Å². The van der Waals surface area contributed by atoms with Gasteiger partial charge in [0.15, 0.2) is 5.78 Å². The molecular weight excluding hydrogens is 350 g/mol. The van der Waals surface area contributed by atoms with Crippen LogP contribution >= 0.6 is 27.3 Å². The smallest absolute Gasteiger partial charge is 0.266 e. The summed E-state index contributed by atoms with van der Waals surface area (Å²) < 4.78 is 2.13. The largest absolute Gasteiger partial charge is 0.313 e. The lowest BCUT2D eigenvalue weighted by Gasteiger charge is -2.12. The van der Waals surface area contributed by atoms with Crippen LogP contribution in [-0.2, 0) is 4.79 Å². The Morgan fingerprint density at radius 2 is 2.05 bits per heavy atom. The van der Waals surface area contributed by atoms with E-state index in [-0.39, 0.29) is 11.3 Å². The molecule has 110 valence electrons. The van der Waals surface area contributed by atoms with Gasteiger partial charge < -0.3 is 4.98 Å². The van der Waals surface area contributed by atoms with Gasteiger partial charge in [-0.2, -0.15) is 0 Å². The standard InChI is InChI=1S/C16H16BrNO2S/c1-16(2,3)13(19)9-14-18-15(20)12(21-14)8-10-5-4-6-11(17)7-10/h4-9H,1-3H3,(H,18,20)/b12-8-,14-9-. The molecule has 0 amide bonds. The maximum atomic E-state index is 12.0. The Kier molecular flexibility index (Phi) is 4.64. The van der Waals surface area contributed by atoms with Gasteiger partial charge in [0.25, 0.3) is 5.56 Å². The minimum absolute atomic E-state index is 0.00555. The molecule has 1 aromatic heterocycles. The Morgan fingerprint density at radius 1 is 1.33 bits per heavy atom. The number of thiazole rings is 1. The Balaban J connectivity index is 2.48. The van der Waals surface area contributed by atoms with Gasteiger partial charge in [0.2, 0.25) is 0 Å². The maximum Gasteiger partial charge on any atom is 0.266 e. The Bertz CT molecular complexity index is 840. The Morgan fingerprint density at radius 3 is 2.67 bits per heavy atom. The molecule has 2 rings (SSSR count). The van der Waals surface area contributed by atoms with Gasteiger partial charge in [-0.1, -0.05) is 48.8 Å². The van der Waals surface area contributed by atoms with Crippen molar-refractivity contribution < 1.29 is 4.79 Å². The van der Waals surface area contributed by atoms with Crippen molar-refractivity contribution in [2.45, 2.75) is 20.8 Å². The van der Waals surface area contributed by atoms with Gasteiger partial charge in [0.1, 0.15) is 0 Å². The van der Waals surface area contributed by atoms with Crippen LogP contribution in [0.2, 0.25) is 0 Å². The second kappa shape index (κ2) is 6.12. The van der Waals surface area contributed by atoms with Crippen molar-refractivity contribution in [1.29, 1.82) is 0 Å². The lowest BCUT2D eigenvalue weighted by molar-refractivity contribution is -0.119. The highest BCUT2D eigenvalue weighted by Crippen LogP contribution is 2.14. The molecule has 0 bridgehead atoms. The molecule has 0 saturated carbocycles. The molecule has 3 nitrogen and oxygen atoms in total. The first kappa shape index (κ1) is 15.9. The van der Waals surface area contributed by atoms with E-state index in [0.717, 1.165) is 10.0 Å². The van der Waals surface area contributed by atoms with Gasteiger partial charge >= 0.3 is 0 Å². The topological polar surface area (TPSA) is 49.9 Å². The van der Waals surface area contributed by atoms with Crippen molar-refractivity contribution >= 4 is 45.2 Å². The molecule has 0 atom stereocenters. The molecule has 0 spiro atoms. The van der Waals surface area contributed by atoms with Gasteiger partial charge in [-0.3, -0.25) is 9.59 Å². The summed E-state index contributed by atoms with van der Waals surface area (Å²) in [6.07, 6.45) is 3.32. The van der Waals surface area contributed by atoms with Crippen molar-refractivity contribution in [3.8, 4) is 0 Å². The summed E-state index contributed by atoms with van der Waals surface area (Å²) in [5, 5.41) is 0. The number of aromatic nitrogens is 1. The minimum atomic E-state index is -0.449. The Hall–Kier alpha value is -1.46. The molecule has 0 aliphatic rings. The summed E-state index contributed by atoms with van der Waals surface area (Å²) >= 11 is 4.69. The molecule has 1 N–H and O–H groups in total. The first-order chi connectivity index (χ1) is 9.75. The van der Waals surface area contributed by atoms with Gasteiger partial charge in [-0.25, -0.2) is 0 Å². The van der Waals surface area contributed by atoms with E-state index in [1.807, 2.05) is 51.1 Å². The first-order valence-corrected chi connectivity index (χ1v) is 8.09. The number of H-pyrrole nitrogens is 1. The van der Waals surface area contributed by atoms with E-state index >= 15 is 0 Å². The van der Waals surface area contributed by atoms with E-state index < -0.39 is 5.41 Å². The second-order valence-electron chi connectivity index (χ2n) is 5.74. The maximum absolute atomic E-state index is 12.0. The van der Waals surface area contributed by atoms with Gasteiger partial charge in [-0.15, -0.1) is 11.3 Å². The Labute approximate surface area is 135 Å². The fourth-order valence-electron chi connectivity index (χ4n) is 1.61. The summed E-state index contributed by atoms with van der Waals surface area (Å²) in [7, 11) is 0. The minimum Gasteiger partial charge on any atom is -0.313 e. The number of nitrogens with one attached hydrogen (secondary N) is 1. The summed E-state index contributed by atoms with van der Waals surface area (Å²) in [6.45, 7) is 5.56. The monoisotopic (exact) mass is 365 g/mol. The second-order valence-corrected chi connectivity index (χ2v) is 7.74. The first-order valence-electron chi connectivity index (χ1n) is 6.48. The van der Waals surface area contributed by atoms with Crippen LogP contribution < -0.4 is 14.8 Å². The number of benzene rings is 1. The van der Waals surface area contributed by atoms with Crippen LogP contribution in [0.4, 0.5) is 0 Å². The van der Waals surface area contributed by atoms with Crippen LogP contribution in [0.25, 0.3) is 12.2 Å². The van der Waals surface area contributed by atoms with Gasteiger partial charge in [-0.05, 0) is 23.8 Å².